The second-order valence-electron chi connectivity index (χ2n) is 6.45. The van der Waals surface area contributed by atoms with E-state index in [-0.39, 0.29) is 10.6 Å². The maximum atomic E-state index is 13.3. The fourth-order valence-electron chi connectivity index (χ4n) is 2.81. The zero-order chi connectivity index (χ0) is 22.4. The lowest BCUT2D eigenvalue weighted by Crippen LogP contribution is -2.38. The van der Waals surface area contributed by atoms with Crippen LogP contribution in [-0.2, 0) is 14.8 Å². The summed E-state index contributed by atoms with van der Waals surface area (Å²) in [7, 11) is -4.05. The molecule has 3 aromatic rings. The molecular weight excluding hydrogens is 459 g/mol. The van der Waals surface area contributed by atoms with Crippen molar-refractivity contribution in [3.8, 4) is 5.75 Å². The van der Waals surface area contributed by atoms with Gasteiger partial charge in [-0.3, -0.25) is 9.10 Å². The fraction of sp³-hybridized carbons (Fsp3) is 0.136. The third kappa shape index (κ3) is 5.91. The first-order valence-corrected chi connectivity index (χ1v) is 11.6. The highest BCUT2D eigenvalue weighted by Crippen LogP contribution is 2.27. The number of nitrogens with zero attached hydrogens (tertiary/aromatic N) is 1. The number of sulfonamides is 1. The van der Waals surface area contributed by atoms with E-state index in [0.29, 0.717) is 28.1 Å². The predicted molar refractivity (Wildman–Crippen MR) is 124 cm³/mol. The molecule has 0 aliphatic carbocycles. The van der Waals surface area contributed by atoms with Crippen LogP contribution in [0.15, 0.2) is 77.7 Å². The van der Waals surface area contributed by atoms with Gasteiger partial charge in [0.15, 0.2) is 0 Å². The first-order valence-electron chi connectivity index (χ1n) is 9.36. The second kappa shape index (κ2) is 10.0. The summed E-state index contributed by atoms with van der Waals surface area (Å²) in [5, 5.41) is 3.46. The third-order valence-corrected chi connectivity index (χ3v) is 6.51. The fourth-order valence-corrected chi connectivity index (χ4v) is 4.54. The lowest BCUT2D eigenvalue weighted by atomic mass is 10.3. The first kappa shape index (κ1) is 22.9. The maximum absolute atomic E-state index is 13.3. The minimum Gasteiger partial charge on any atom is -0.494 e. The Morgan fingerprint density at radius 2 is 1.65 bits per heavy atom. The minimum absolute atomic E-state index is 0.00532. The van der Waals surface area contributed by atoms with Crippen molar-refractivity contribution in [2.45, 2.75) is 11.8 Å². The van der Waals surface area contributed by atoms with E-state index in [2.05, 4.69) is 5.32 Å². The van der Waals surface area contributed by atoms with E-state index in [1.165, 1.54) is 30.3 Å². The van der Waals surface area contributed by atoms with Crippen molar-refractivity contribution >= 4 is 50.5 Å². The number of ether oxygens (including phenoxy) is 1. The number of hydrogen-bond donors (Lipinski definition) is 1. The Morgan fingerprint density at radius 3 is 2.26 bits per heavy atom. The van der Waals surface area contributed by atoms with Gasteiger partial charge in [-0.15, -0.1) is 0 Å². The lowest BCUT2D eigenvalue weighted by Gasteiger charge is -2.24. The lowest BCUT2D eigenvalue weighted by molar-refractivity contribution is -0.114. The zero-order valence-corrected chi connectivity index (χ0v) is 18.9. The number of carbonyl (C=O) groups excluding carboxylic acids is 1. The average molecular weight is 479 g/mol. The van der Waals surface area contributed by atoms with Gasteiger partial charge in [0.1, 0.15) is 12.3 Å². The van der Waals surface area contributed by atoms with Gasteiger partial charge in [-0.2, -0.15) is 0 Å². The second-order valence-corrected chi connectivity index (χ2v) is 9.19. The molecule has 0 aliphatic rings. The number of halogens is 2. The van der Waals surface area contributed by atoms with Gasteiger partial charge in [-0.05, 0) is 73.7 Å². The molecule has 1 N–H and O–H groups in total. The van der Waals surface area contributed by atoms with Crippen LogP contribution in [0, 0.1) is 0 Å². The Hall–Kier alpha value is -2.74. The summed E-state index contributed by atoms with van der Waals surface area (Å²) in [5.74, 6) is 0.160. The van der Waals surface area contributed by atoms with E-state index in [4.69, 9.17) is 27.9 Å². The molecular formula is C22H20Cl2N2O4S. The number of rotatable bonds is 8. The highest BCUT2D eigenvalue weighted by molar-refractivity contribution is 7.92. The summed E-state index contributed by atoms with van der Waals surface area (Å²) in [5.41, 5.74) is 0.785. The van der Waals surface area contributed by atoms with Crippen molar-refractivity contribution in [1.82, 2.24) is 0 Å². The van der Waals surface area contributed by atoms with Crippen molar-refractivity contribution in [2.75, 3.05) is 22.8 Å². The molecule has 0 atom stereocenters. The van der Waals surface area contributed by atoms with Gasteiger partial charge in [-0.1, -0.05) is 29.3 Å². The van der Waals surface area contributed by atoms with Crippen LogP contribution in [0.5, 0.6) is 5.75 Å². The predicted octanol–water partition coefficient (Wildman–Crippen LogP) is 5.23. The molecule has 3 rings (SSSR count). The Kier molecular flexibility index (Phi) is 7.43. The van der Waals surface area contributed by atoms with Crippen molar-refractivity contribution in [1.29, 1.82) is 0 Å². The van der Waals surface area contributed by atoms with Gasteiger partial charge < -0.3 is 10.1 Å². The third-order valence-electron chi connectivity index (χ3n) is 4.23. The molecule has 6 nitrogen and oxygen atoms in total. The standard InChI is InChI=1S/C22H20Cl2N2O4S/c1-2-30-20-10-8-18(9-11-20)25-22(27)15-26(19-5-3-4-17(24)14-19)31(28,29)21-12-6-16(23)7-13-21/h3-14H,2,15H2,1H3,(H,25,27). The van der Waals surface area contributed by atoms with E-state index in [1.54, 1.807) is 42.5 Å². The van der Waals surface area contributed by atoms with E-state index >= 15 is 0 Å². The van der Waals surface area contributed by atoms with Crippen molar-refractivity contribution in [2.24, 2.45) is 0 Å². The molecule has 0 saturated carbocycles. The molecule has 1 amide bonds. The Morgan fingerprint density at radius 1 is 0.968 bits per heavy atom. The normalized spacial score (nSPS) is 11.1. The molecule has 9 heteroatoms. The number of amides is 1. The molecule has 0 saturated heterocycles. The topological polar surface area (TPSA) is 75.7 Å². The Bertz CT molecular complexity index is 1150. The Balaban J connectivity index is 1.88. The van der Waals surface area contributed by atoms with Gasteiger partial charge in [0.25, 0.3) is 10.0 Å². The van der Waals surface area contributed by atoms with Crippen molar-refractivity contribution in [3.05, 3.63) is 82.8 Å². The molecule has 0 radical (unpaired) electrons. The molecule has 31 heavy (non-hydrogen) atoms. The summed E-state index contributed by atoms with van der Waals surface area (Å²) >= 11 is 11.9. The SMILES string of the molecule is CCOc1ccc(NC(=O)CN(c2cccc(Cl)c2)S(=O)(=O)c2ccc(Cl)cc2)cc1. The van der Waals surface area contributed by atoms with Crippen LogP contribution in [0.4, 0.5) is 11.4 Å². The van der Waals surface area contributed by atoms with Gasteiger partial charge in [0.2, 0.25) is 5.91 Å². The van der Waals surface area contributed by atoms with Crippen LogP contribution >= 0.6 is 23.2 Å². The minimum atomic E-state index is -4.05. The molecule has 0 fully saturated rings. The molecule has 0 heterocycles. The number of anilines is 2. The summed E-state index contributed by atoms with van der Waals surface area (Å²) in [6, 6.07) is 18.8. The van der Waals surface area contributed by atoms with Crippen molar-refractivity contribution < 1.29 is 17.9 Å². The Labute approximate surface area is 191 Å². The van der Waals surface area contributed by atoms with Gasteiger partial charge in [-0.25, -0.2) is 8.42 Å². The molecule has 0 unspecified atom stereocenters. The van der Waals surface area contributed by atoms with Crippen LogP contribution in [0.2, 0.25) is 10.0 Å². The zero-order valence-electron chi connectivity index (χ0n) is 16.6. The van der Waals surface area contributed by atoms with Crippen LogP contribution in [0.3, 0.4) is 0 Å². The molecule has 0 aliphatic heterocycles. The van der Waals surface area contributed by atoms with E-state index in [9.17, 15) is 13.2 Å². The summed E-state index contributed by atoms with van der Waals surface area (Å²) < 4.78 is 33.0. The smallest absolute Gasteiger partial charge is 0.264 e. The number of benzene rings is 3. The van der Waals surface area contributed by atoms with Gasteiger partial charge in [0, 0.05) is 15.7 Å². The van der Waals surface area contributed by atoms with Crippen molar-refractivity contribution in [3.63, 3.8) is 0 Å². The molecule has 3 aromatic carbocycles. The molecule has 0 bridgehead atoms. The summed E-state index contributed by atoms with van der Waals surface area (Å²) in [6.07, 6.45) is 0. The maximum Gasteiger partial charge on any atom is 0.264 e. The first-order chi connectivity index (χ1) is 14.8. The molecule has 162 valence electrons. The summed E-state index contributed by atoms with van der Waals surface area (Å²) in [6.45, 7) is 1.96. The van der Waals surface area contributed by atoms with E-state index in [1.807, 2.05) is 6.92 Å². The van der Waals surface area contributed by atoms with E-state index in [0.717, 1.165) is 4.31 Å². The van der Waals surface area contributed by atoms with Crippen LogP contribution in [-0.4, -0.2) is 27.5 Å². The van der Waals surface area contributed by atoms with Crippen LogP contribution in [0.1, 0.15) is 6.92 Å². The summed E-state index contributed by atoms with van der Waals surface area (Å²) in [4.78, 5) is 12.7. The largest absolute Gasteiger partial charge is 0.494 e. The average Bonchev–Trinajstić information content (AvgIpc) is 2.74. The molecule has 0 spiro atoms. The van der Waals surface area contributed by atoms with Gasteiger partial charge in [0.05, 0.1) is 17.2 Å². The van der Waals surface area contributed by atoms with Crippen LogP contribution in [0.25, 0.3) is 0 Å². The number of hydrogen-bond acceptors (Lipinski definition) is 4. The number of carbonyl (C=O) groups is 1. The molecule has 0 aromatic heterocycles. The van der Waals surface area contributed by atoms with Gasteiger partial charge >= 0.3 is 0 Å². The van der Waals surface area contributed by atoms with E-state index < -0.39 is 22.5 Å². The number of nitrogens with one attached hydrogen (secondary N) is 1. The van der Waals surface area contributed by atoms with Crippen LogP contribution < -0.4 is 14.4 Å². The quantitative estimate of drug-likeness (QED) is 0.480. The highest BCUT2D eigenvalue weighted by atomic mass is 35.5. The highest BCUT2D eigenvalue weighted by Gasteiger charge is 2.27. The monoisotopic (exact) mass is 478 g/mol.